The molecule has 0 unspecified atom stereocenters. The van der Waals surface area contributed by atoms with Gasteiger partial charge in [-0.25, -0.2) is 4.79 Å². The van der Waals surface area contributed by atoms with Crippen LogP contribution in [0.1, 0.15) is 34.8 Å². The summed E-state index contributed by atoms with van der Waals surface area (Å²) in [5.74, 6) is -1.21. The lowest BCUT2D eigenvalue weighted by Crippen LogP contribution is -2.31. The first kappa shape index (κ1) is 16.0. The van der Waals surface area contributed by atoms with Gasteiger partial charge in [0.15, 0.2) is 6.61 Å². The van der Waals surface area contributed by atoms with Crippen LogP contribution in [0, 0.1) is 6.92 Å². The summed E-state index contributed by atoms with van der Waals surface area (Å²) in [7, 11) is 0. The summed E-state index contributed by atoms with van der Waals surface area (Å²) in [5.41, 5.74) is 1.35. The van der Waals surface area contributed by atoms with E-state index in [1.54, 1.807) is 19.9 Å². The molecule has 1 heterocycles. The molecule has 0 aliphatic rings. The molecule has 2 aromatic rings. The van der Waals surface area contributed by atoms with Gasteiger partial charge in [-0.05, 0) is 25.5 Å². The summed E-state index contributed by atoms with van der Waals surface area (Å²) in [5, 5.41) is 6.83. The minimum Gasteiger partial charge on any atom is -0.450 e. The number of rotatable bonds is 5. The fourth-order valence-electron chi connectivity index (χ4n) is 1.85. The van der Waals surface area contributed by atoms with Crippen molar-refractivity contribution in [3.05, 3.63) is 52.4 Å². The fourth-order valence-corrected chi connectivity index (χ4v) is 2.15. The lowest BCUT2D eigenvalue weighted by atomic mass is 10.1. The highest BCUT2D eigenvalue weighted by Crippen LogP contribution is 2.21. The zero-order chi connectivity index (χ0) is 16.1. The largest absolute Gasteiger partial charge is 0.450 e. The average Bonchev–Trinajstić information content (AvgIpc) is 2.91. The molecule has 0 saturated heterocycles. The zero-order valence-electron chi connectivity index (χ0n) is 12.1. The SMILES string of the molecule is Cc1cc(C(=O)OCC(=O)N[C@H](C)c2ccccc2Cl)on1. The van der Waals surface area contributed by atoms with Gasteiger partial charge in [0, 0.05) is 11.1 Å². The van der Waals surface area contributed by atoms with Crippen molar-refractivity contribution in [2.24, 2.45) is 0 Å². The van der Waals surface area contributed by atoms with Gasteiger partial charge in [-0.3, -0.25) is 4.79 Å². The summed E-state index contributed by atoms with van der Waals surface area (Å²) in [6.45, 7) is 3.06. The molecule has 116 valence electrons. The second kappa shape index (κ2) is 7.09. The highest BCUT2D eigenvalue weighted by atomic mass is 35.5. The number of esters is 1. The van der Waals surface area contributed by atoms with Gasteiger partial charge in [0.2, 0.25) is 5.76 Å². The molecule has 0 spiro atoms. The van der Waals surface area contributed by atoms with Gasteiger partial charge in [0.05, 0.1) is 11.7 Å². The van der Waals surface area contributed by atoms with E-state index in [9.17, 15) is 9.59 Å². The van der Waals surface area contributed by atoms with Gasteiger partial charge in [-0.15, -0.1) is 0 Å². The number of carbonyl (C=O) groups is 2. The first-order valence-electron chi connectivity index (χ1n) is 6.61. The van der Waals surface area contributed by atoms with Crippen molar-refractivity contribution < 1.29 is 18.8 Å². The van der Waals surface area contributed by atoms with Crippen LogP contribution in [0.3, 0.4) is 0 Å². The molecule has 1 amide bonds. The number of nitrogens with zero attached hydrogens (tertiary/aromatic N) is 1. The Bertz CT molecular complexity index is 684. The van der Waals surface area contributed by atoms with Gasteiger partial charge in [0.25, 0.3) is 5.91 Å². The van der Waals surface area contributed by atoms with Crippen molar-refractivity contribution >= 4 is 23.5 Å². The Morgan fingerprint density at radius 3 is 2.77 bits per heavy atom. The number of halogens is 1. The normalized spacial score (nSPS) is 11.8. The molecule has 1 aromatic carbocycles. The van der Waals surface area contributed by atoms with Gasteiger partial charge in [0.1, 0.15) is 0 Å². The number of ether oxygens (including phenoxy) is 1. The minimum atomic E-state index is -0.735. The van der Waals surface area contributed by atoms with Crippen LogP contribution in [0.4, 0.5) is 0 Å². The number of carbonyl (C=O) groups excluding carboxylic acids is 2. The Morgan fingerprint density at radius 2 is 2.14 bits per heavy atom. The number of nitrogens with one attached hydrogen (secondary N) is 1. The number of amides is 1. The van der Waals surface area contributed by atoms with Crippen LogP contribution in [0.15, 0.2) is 34.9 Å². The Balaban J connectivity index is 1.85. The first-order chi connectivity index (χ1) is 10.5. The Hall–Kier alpha value is -2.34. The van der Waals surface area contributed by atoms with Crippen LogP contribution >= 0.6 is 11.6 Å². The maximum atomic E-state index is 11.8. The van der Waals surface area contributed by atoms with E-state index in [1.807, 2.05) is 18.2 Å². The molecule has 0 bridgehead atoms. The molecule has 1 N–H and O–H groups in total. The number of hydrogen-bond donors (Lipinski definition) is 1. The van der Waals surface area contributed by atoms with E-state index in [1.165, 1.54) is 6.07 Å². The molecule has 2 rings (SSSR count). The molecule has 22 heavy (non-hydrogen) atoms. The van der Waals surface area contributed by atoms with Crippen molar-refractivity contribution in [2.75, 3.05) is 6.61 Å². The Morgan fingerprint density at radius 1 is 1.41 bits per heavy atom. The lowest BCUT2D eigenvalue weighted by Gasteiger charge is -2.15. The van der Waals surface area contributed by atoms with Gasteiger partial charge in [-0.2, -0.15) is 0 Å². The van der Waals surface area contributed by atoms with E-state index in [0.29, 0.717) is 10.7 Å². The number of aryl methyl sites for hydroxylation is 1. The van der Waals surface area contributed by atoms with Crippen LogP contribution in [0.25, 0.3) is 0 Å². The molecule has 0 aliphatic heterocycles. The predicted octanol–water partition coefficient (Wildman–Crippen LogP) is 2.67. The average molecular weight is 323 g/mol. The summed E-state index contributed by atoms with van der Waals surface area (Å²) in [4.78, 5) is 23.4. The molecule has 1 aromatic heterocycles. The van der Waals surface area contributed by atoms with E-state index in [2.05, 4.69) is 10.5 Å². The molecule has 0 radical (unpaired) electrons. The molecule has 6 nitrogen and oxygen atoms in total. The molecule has 0 saturated carbocycles. The second-order valence-electron chi connectivity index (χ2n) is 4.72. The summed E-state index contributed by atoms with van der Waals surface area (Å²) in [6, 6.07) is 8.33. The number of aromatic nitrogens is 1. The smallest absolute Gasteiger partial charge is 0.377 e. The van der Waals surface area contributed by atoms with Crippen LogP contribution in [0.2, 0.25) is 5.02 Å². The van der Waals surface area contributed by atoms with Gasteiger partial charge >= 0.3 is 5.97 Å². The van der Waals surface area contributed by atoms with E-state index < -0.39 is 18.5 Å². The molecular weight excluding hydrogens is 308 g/mol. The summed E-state index contributed by atoms with van der Waals surface area (Å²) in [6.07, 6.45) is 0. The maximum absolute atomic E-state index is 11.8. The monoisotopic (exact) mass is 322 g/mol. The van der Waals surface area contributed by atoms with Gasteiger partial charge < -0.3 is 14.6 Å². The highest BCUT2D eigenvalue weighted by molar-refractivity contribution is 6.31. The number of benzene rings is 1. The first-order valence-corrected chi connectivity index (χ1v) is 6.99. The minimum absolute atomic E-state index is 0.0375. The molecular formula is C15H15ClN2O4. The zero-order valence-corrected chi connectivity index (χ0v) is 12.9. The summed E-state index contributed by atoms with van der Waals surface area (Å²) < 4.78 is 9.60. The van der Waals surface area contributed by atoms with E-state index in [0.717, 1.165) is 5.56 Å². The fraction of sp³-hybridized carbons (Fsp3) is 0.267. The van der Waals surface area contributed by atoms with E-state index >= 15 is 0 Å². The van der Waals surface area contributed by atoms with Crippen molar-refractivity contribution in [3.8, 4) is 0 Å². The van der Waals surface area contributed by atoms with Crippen LogP contribution in [-0.4, -0.2) is 23.6 Å². The molecule has 0 aliphatic carbocycles. The standard InChI is InChI=1S/C15H15ClN2O4/c1-9-7-13(22-18-9)15(20)21-8-14(19)17-10(2)11-5-3-4-6-12(11)16/h3-7,10H,8H2,1-2H3,(H,17,19)/t10-/m1/s1. The van der Waals surface area contributed by atoms with Crippen molar-refractivity contribution in [1.82, 2.24) is 10.5 Å². The van der Waals surface area contributed by atoms with Gasteiger partial charge in [-0.1, -0.05) is 35.0 Å². The van der Waals surface area contributed by atoms with Crippen molar-refractivity contribution in [2.45, 2.75) is 19.9 Å². The quantitative estimate of drug-likeness (QED) is 0.856. The topological polar surface area (TPSA) is 81.4 Å². The van der Waals surface area contributed by atoms with Crippen molar-refractivity contribution in [3.63, 3.8) is 0 Å². The van der Waals surface area contributed by atoms with E-state index in [-0.39, 0.29) is 11.8 Å². The van der Waals surface area contributed by atoms with Crippen LogP contribution in [-0.2, 0) is 9.53 Å². The maximum Gasteiger partial charge on any atom is 0.377 e. The van der Waals surface area contributed by atoms with Crippen LogP contribution < -0.4 is 5.32 Å². The highest BCUT2D eigenvalue weighted by Gasteiger charge is 2.17. The Labute approximate surface area is 132 Å². The summed E-state index contributed by atoms with van der Waals surface area (Å²) >= 11 is 6.06. The molecule has 1 atom stereocenters. The third kappa shape index (κ3) is 4.08. The predicted molar refractivity (Wildman–Crippen MR) is 79.5 cm³/mol. The van der Waals surface area contributed by atoms with Crippen molar-refractivity contribution in [1.29, 1.82) is 0 Å². The molecule has 7 heteroatoms. The third-order valence-electron chi connectivity index (χ3n) is 2.91. The van der Waals surface area contributed by atoms with E-state index in [4.69, 9.17) is 20.9 Å². The molecule has 0 fully saturated rings. The van der Waals surface area contributed by atoms with Crippen LogP contribution in [0.5, 0.6) is 0 Å². The third-order valence-corrected chi connectivity index (χ3v) is 3.26. The Kier molecular flexibility index (Phi) is 5.16. The number of hydrogen-bond acceptors (Lipinski definition) is 5. The lowest BCUT2D eigenvalue weighted by molar-refractivity contribution is -0.124. The second-order valence-corrected chi connectivity index (χ2v) is 5.13.